The van der Waals surface area contributed by atoms with E-state index in [9.17, 15) is 4.79 Å². The van der Waals surface area contributed by atoms with Gasteiger partial charge in [-0.2, -0.15) is 0 Å². The van der Waals surface area contributed by atoms with Crippen molar-refractivity contribution in [1.82, 2.24) is 24.7 Å². The van der Waals surface area contributed by atoms with E-state index in [4.69, 9.17) is 0 Å². The Balaban J connectivity index is 1.58. The van der Waals surface area contributed by atoms with Crippen molar-refractivity contribution in [2.45, 2.75) is 36.2 Å². The minimum Gasteiger partial charge on any atom is -0.309 e. The number of hydrogen-bond acceptors (Lipinski definition) is 6. The van der Waals surface area contributed by atoms with Crippen LogP contribution in [0.15, 0.2) is 34.1 Å². The number of aromatic nitrogens is 5. The van der Waals surface area contributed by atoms with Crippen LogP contribution in [0.1, 0.15) is 30.4 Å². The molecule has 3 aromatic heterocycles. The first kappa shape index (κ1) is 14.6. The monoisotopic (exact) mass is 345 g/mol. The number of rotatable bonds is 6. The fourth-order valence-corrected chi connectivity index (χ4v) is 4.02. The highest BCUT2D eigenvalue weighted by molar-refractivity contribution is 7.98. The summed E-state index contributed by atoms with van der Waals surface area (Å²) in [5.74, 6) is 2.80. The van der Waals surface area contributed by atoms with Gasteiger partial charge in [-0.25, -0.2) is 4.98 Å². The van der Waals surface area contributed by atoms with Crippen LogP contribution < -0.4 is 5.56 Å². The Hall–Kier alpha value is -1.93. The maximum Gasteiger partial charge on any atom is 0.268 e. The largest absolute Gasteiger partial charge is 0.309 e. The first-order valence-electron chi connectivity index (χ1n) is 7.39. The lowest BCUT2D eigenvalue weighted by Gasteiger charge is -2.06. The summed E-state index contributed by atoms with van der Waals surface area (Å²) in [5, 5.41) is 11.3. The molecule has 6 nitrogen and oxygen atoms in total. The molecule has 0 saturated heterocycles. The van der Waals surface area contributed by atoms with Crippen molar-refractivity contribution in [3.63, 3.8) is 0 Å². The molecule has 0 spiro atoms. The third-order valence-corrected chi connectivity index (χ3v) is 5.58. The quantitative estimate of drug-likeness (QED) is 0.549. The van der Waals surface area contributed by atoms with Crippen LogP contribution in [-0.2, 0) is 12.3 Å². The van der Waals surface area contributed by atoms with Gasteiger partial charge in [0.2, 0.25) is 0 Å². The Kier molecular flexibility index (Phi) is 3.78. The van der Waals surface area contributed by atoms with E-state index in [2.05, 4.69) is 31.3 Å². The third kappa shape index (κ3) is 2.84. The predicted octanol–water partition coefficient (Wildman–Crippen LogP) is 2.93. The molecule has 0 bridgehead atoms. The molecule has 0 aromatic carbocycles. The summed E-state index contributed by atoms with van der Waals surface area (Å²) in [5.41, 5.74) is 0.674. The second kappa shape index (κ2) is 5.93. The van der Waals surface area contributed by atoms with E-state index in [1.54, 1.807) is 0 Å². The predicted molar refractivity (Wildman–Crippen MR) is 92.0 cm³/mol. The second-order valence-corrected chi connectivity index (χ2v) is 7.31. The topological polar surface area (TPSA) is 76.5 Å². The standard InChI is InChI=1S/C15H15N5OS2/c1-2-6-20-13(9-3-4-9)18-19-15(20)23-8-11-16-10-5-7-22-12(10)14(21)17-11/h2,5,7,9H,1,3-4,6,8H2,(H,16,17,21). The maximum atomic E-state index is 12.0. The minimum absolute atomic E-state index is 0.0770. The molecule has 1 aliphatic carbocycles. The zero-order valence-electron chi connectivity index (χ0n) is 12.4. The van der Waals surface area contributed by atoms with Crippen molar-refractivity contribution in [1.29, 1.82) is 0 Å². The molecule has 4 rings (SSSR count). The van der Waals surface area contributed by atoms with Crippen molar-refractivity contribution >= 4 is 33.3 Å². The highest BCUT2D eigenvalue weighted by Crippen LogP contribution is 2.40. The summed E-state index contributed by atoms with van der Waals surface area (Å²) >= 11 is 2.95. The van der Waals surface area contributed by atoms with E-state index >= 15 is 0 Å². The van der Waals surface area contributed by atoms with E-state index in [1.807, 2.05) is 17.5 Å². The number of allylic oxidation sites excluding steroid dienone is 1. The van der Waals surface area contributed by atoms with Crippen molar-refractivity contribution in [3.8, 4) is 0 Å². The minimum atomic E-state index is -0.0770. The first-order valence-corrected chi connectivity index (χ1v) is 9.26. The van der Waals surface area contributed by atoms with Gasteiger partial charge in [-0.3, -0.25) is 4.79 Å². The molecule has 1 saturated carbocycles. The van der Waals surface area contributed by atoms with Gasteiger partial charge in [0.25, 0.3) is 5.56 Å². The first-order chi connectivity index (χ1) is 11.3. The number of nitrogens with zero attached hydrogens (tertiary/aromatic N) is 4. The van der Waals surface area contributed by atoms with Crippen molar-refractivity contribution in [2.75, 3.05) is 0 Å². The molecule has 1 aliphatic rings. The summed E-state index contributed by atoms with van der Waals surface area (Å²) in [6, 6.07) is 1.87. The molecule has 118 valence electrons. The molecule has 1 fully saturated rings. The highest BCUT2D eigenvalue weighted by Gasteiger charge is 2.30. The van der Waals surface area contributed by atoms with Crippen LogP contribution in [0.2, 0.25) is 0 Å². The summed E-state index contributed by atoms with van der Waals surface area (Å²) in [7, 11) is 0. The third-order valence-electron chi connectivity index (χ3n) is 3.70. The van der Waals surface area contributed by atoms with Crippen LogP contribution in [-0.4, -0.2) is 24.7 Å². The van der Waals surface area contributed by atoms with Crippen molar-refractivity contribution in [2.24, 2.45) is 0 Å². The van der Waals surface area contributed by atoms with Gasteiger partial charge in [0.1, 0.15) is 16.3 Å². The number of hydrogen-bond donors (Lipinski definition) is 1. The Morgan fingerprint density at radius 1 is 1.48 bits per heavy atom. The Morgan fingerprint density at radius 3 is 3.13 bits per heavy atom. The molecule has 3 aromatic rings. The molecular formula is C15H15N5OS2. The summed E-state index contributed by atoms with van der Waals surface area (Å²) in [4.78, 5) is 19.3. The number of thiophene rings is 1. The van der Waals surface area contributed by atoms with Gasteiger partial charge in [-0.1, -0.05) is 17.8 Å². The molecule has 0 amide bonds. The maximum absolute atomic E-state index is 12.0. The molecule has 0 aliphatic heterocycles. The van der Waals surface area contributed by atoms with Crippen molar-refractivity contribution in [3.05, 3.63) is 46.1 Å². The lowest BCUT2D eigenvalue weighted by atomic mass is 10.4. The average molecular weight is 345 g/mol. The number of H-pyrrole nitrogens is 1. The SMILES string of the molecule is C=CCn1c(SCc2nc3ccsc3c(=O)[nH]2)nnc1C1CC1. The number of thioether (sulfide) groups is 1. The van der Waals surface area contributed by atoms with Gasteiger partial charge in [0, 0.05) is 12.5 Å². The van der Waals surface area contributed by atoms with Gasteiger partial charge in [-0.15, -0.1) is 28.1 Å². The van der Waals surface area contributed by atoms with Crippen LogP contribution >= 0.6 is 23.1 Å². The zero-order valence-corrected chi connectivity index (χ0v) is 14.0. The van der Waals surface area contributed by atoms with E-state index < -0.39 is 0 Å². The van der Waals surface area contributed by atoms with Gasteiger partial charge in [0.15, 0.2) is 5.16 Å². The van der Waals surface area contributed by atoms with Crippen LogP contribution in [0.3, 0.4) is 0 Å². The highest BCUT2D eigenvalue weighted by atomic mass is 32.2. The van der Waals surface area contributed by atoms with Gasteiger partial charge in [0.05, 0.1) is 11.3 Å². The van der Waals surface area contributed by atoms with E-state index in [0.717, 1.165) is 16.5 Å². The molecule has 0 atom stereocenters. The molecule has 23 heavy (non-hydrogen) atoms. The average Bonchev–Trinajstić information content (AvgIpc) is 3.13. The summed E-state index contributed by atoms with van der Waals surface area (Å²) in [6.07, 6.45) is 4.23. The second-order valence-electron chi connectivity index (χ2n) is 5.45. The molecule has 3 heterocycles. The lowest BCUT2D eigenvalue weighted by molar-refractivity contribution is 0.681. The lowest BCUT2D eigenvalue weighted by Crippen LogP contribution is -2.10. The number of aromatic amines is 1. The van der Waals surface area contributed by atoms with E-state index in [-0.39, 0.29) is 5.56 Å². The van der Waals surface area contributed by atoms with Crippen LogP contribution in [0.5, 0.6) is 0 Å². The fourth-order valence-electron chi connectivity index (χ4n) is 2.47. The number of fused-ring (bicyclic) bond motifs is 1. The Bertz CT molecular complexity index is 921. The Morgan fingerprint density at radius 2 is 2.35 bits per heavy atom. The molecule has 8 heteroatoms. The van der Waals surface area contributed by atoms with Crippen LogP contribution in [0.25, 0.3) is 10.2 Å². The summed E-state index contributed by atoms with van der Waals surface area (Å²) < 4.78 is 2.78. The summed E-state index contributed by atoms with van der Waals surface area (Å²) in [6.45, 7) is 4.51. The van der Waals surface area contributed by atoms with Crippen LogP contribution in [0, 0.1) is 0 Å². The van der Waals surface area contributed by atoms with Crippen LogP contribution in [0.4, 0.5) is 0 Å². The van der Waals surface area contributed by atoms with Gasteiger partial charge < -0.3 is 9.55 Å². The smallest absolute Gasteiger partial charge is 0.268 e. The van der Waals surface area contributed by atoms with Crippen molar-refractivity contribution < 1.29 is 0 Å². The van der Waals surface area contributed by atoms with Gasteiger partial charge >= 0.3 is 0 Å². The fraction of sp³-hybridized carbons (Fsp3) is 0.333. The van der Waals surface area contributed by atoms with E-state index in [1.165, 1.54) is 35.9 Å². The molecule has 0 unspecified atom stereocenters. The molecular weight excluding hydrogens is 330 g/mol. The zero-order chi connectivity index (χ0) is 15.8. The Labute approximate surface area is 140 Å². The normalized spacial score (nSPS) is 14.4. The van der Waals surface area contributed by atoms with Gasteiger partial charge in [-0.05, 0) is 24.3 Å². The molecule has 1 N–H and O–H groups in total. The number of nitrogens with one attached hydrogen (secondary N) is 1. The van der Waals surface area contributed by atoms with E-state index in [0.29, 0.717) is 28.7 Å². The molecule has 0 radical (unpaired) electrons.